The maximum absolute atomic E-state index is 5.88. The minimum atomic E-state index is 0.361. The summed E-state index contributed by atoms with van der Waals surface area (Å²) in [6.45, 7) is 3.12. The van der Waals surface area contributed by atoms with Crippen LogP contribution in [0.3, 0.4) is 0 Å². The third kappa shape index (κ3) is 6.08. The summed E-state index contributed by atoms with van der Waals surface area (Å²) in [6, 6.07) is 1.70. The van der Waals surface area contributed by atoms with E-state index in [-0.39, 0.29) is 0 Å². The molecule has 0 bridgehead atoms. The van der Waals surface area contributed by atoms with E-state index in [9.17, 15) is 0 Å². The second-order valence-electron chi connectivity index (χ2n) is 4.07. The number of unbranched alkanes of at least 4 members (excludes halogenated alkanes) is 5. The molecule has 0 fully saturated rings. The van der Waals surface area contributed by atoms with Gasteiger partial charge in [-0.15, -0.1) is 10.2 Å². The second-order valence-corrected chi connectivity index (χ2v) is 4.81. The molecule has 0 radical (unpaired) electrons. The molecule has 1 aromatic rings. The summed E-state index contributed by atoms with van der Waals surface area (Å²) in [4.78, 5) is 0. The van der Waals surface area contributed by atoms with Crippen molar-refractivity contribution < 1.29 is 0 Å². The van der Waals surface area contributed by atoms with E-state index in [1.54, 1.807) is 6.07 Å². The molecule has 17 heavy (non-hydrogen) atoms. The van der Waals surface area contributed by atoms with Gasteiger partial charge in [0.25, 0.3) is 0 Å². The van der Waals surface area contributed by atoms with E-state index in [1.165, 1.54) is 32.1 Å². The molecule has 0 unspecified atom stereocenters. The van der Waals surface area contributed by atoms with Crippen LogP contribution in [0, 0.1) is 0 Å². The molecule has 1 aromatic heterocycles. The van der Waals surface area contributed by atoms with Crippen molar-refractivity contribution in [3.05, 3.63) is 16.4 Å². The number of nitrogens with zero attached hydrogens (tertiary/aromatic N) is 2. The summed E-state index contributed by atoms with van der Waals surface area (Å²) in [7, 11) is 0. The SMILES string of the molecule is CCCCCCCCNc1cc(Cl)nnc1Cl. The largest absolute Gasteiger partial charge is 0.382 e. The molecule has 0 atom stereocenters. The maximum atomic E-state index is 5.88. The zero-order chi connectivity index (χ0) is 12.5. The topological polar surface area (TPSA) is 37.8 Å². The molecule has 0 aromatic carbocycles. The van der Waals surface area contributed by atoms with Gasteiger partial charge in [-0.25, -0.2) is 0 Å². The lowest BCUT2D eigenvalue weighted by Crippen LogP contribution is -2.03. The van der Waals surface area contributed by atoms with Gasteiger partial charge in [-0.1, -0.05) is 62.2 Å². The molecule has 0 aliphatic carbocycles. The van der Waals surface area contributed by atoms with Crippen molar-refractivity contribution in [1.29, 1.82) is 0 Å². The van der Waals surface area contributed by atoms with E-state index < -0.39 is 0 Å². The quantitative estimate of drug-likeness (QED) is 0.707. The molecule has 0 amide bonds. The lowest BCUT2D eigenvalue weighted by atomic mass is 10.1. The van der Waals surface area contributed by atoms with Gasteiger partial charge in [0.05, 0.1) is 5.69 Å². The normalized spacial score (nSPS) is 10.5. The first kappa shape index (κ1) is 14.5. The number of hydrogen-bond donors (Lipinski definition) is 1. The van der Waals surface area contributed by atoms with Crippen molar-refractivity contribution in [2.45, 2.75) is 45.4 Å². The van der Waals surface area contributed by atoms with Gasteiger partial charge >= 0.3 is 0 Å². The van der Waals surface area contributed by atoms with Crippen LogP contribution in [0.1, 0.15) is 45.4 Å². The summed E-state index contributed by atoms with van der Waals surface area (Å²) < 4.78 is 0. The summed E-state index contributed by atoms with van der Waals surface area (Å²) in [6.07, 6.45) is 7.65. The fourth-order valence-corrected chi connectivity index (χ4v) is 1.91. The number of anilines is 1. The fraction of sp³-hybridized carbons (Fsp3) is 0.667. The van der Waals surface area contributed by atoms with Crippen LogP contribution in [0.5, 0.6) is 0 Å². The van der Waals surface area contributed by atoms with Gasteiger partial charge in [0.15, 0.2) is 10.3 Å². The third-order valence-electron chi connectivity index (χ3n) is 2.56. The molecule has 3 nitrogen and oxygen atoms in total. The average molecular weight is 276 g/mol. The highest BCUT2D eigenvalue weighted by Gasteiger charge is 2.02. The number of rotatable bonds is 8. The lowest BCUT2D eigenvalue weighted by Gasteiger charge is -2.07. The zero-order valence-electron chi connectivity index (χ0n) is 10.2. The molecule has 0 saturated heterocycles. The van der Waals surface area contributed by atoms with Gasteiger partial charge in [0.2, 0.25) is 0 Å². The summed E-state index contributed by atoms with van der Waals surface area (Å²) in [5, 5.41) is 11.4. The molecule has 1 rings (SSSR count). The Kier molecular flexibility index (Phi) is 7.29. The molecule has 0 spiro atoms. The molecule has 5 heteroatoms. The Bertz CT molecular complexity index is 332. The van der Waals surface area contributed by atoms with E-state index >= 15 is 0 Å². The smallest absolute Gasteiger partial charge is 0.174 e. The predicted molar refractivity (Wildman–Crippen MR) is 73.9 cm³/mol. The van der Waals surface area contributed by atoms with Crippen LogP contribution in [0.25, 0.3) is 0 Å². The van der Waals surface area contributed by atoms with Crippen LogP contribution in [-0.2, 0) is 0 Å². The molecule has 96 valence electrons. The van der Waals surface area contributed by atoms with E-state index in [0.29, 0.717) is 10.3 Å². The minimum absolute atomic E-state index is 0.361. The molecule has 0 aliphatic rings. The van der Waals surface area contributed by atoms with E-state index in [4.69, 9.17) is 23.2 Å². The first-order valence-electron chi connectivity index (χ1n) is 6.16. The predicted octanol–water partition coefficient (Wildman–Crippen LogP) is 4.56. The molecule has 0 saturated carbocycles. The molecule has 1 N–H and O–H groups in total. The monoisotopic (exact) mass is 275 g/mol. The Morgan fingerprint density at radius 1 is 1.06 bits per heavy atom. The maximum Gasteiger partial charge on any atom is 0.174 e. The van der Waals surface area contributed by atoms with Gasteiger partial charge in [0, 0.05) is 12.6 Å². The average Bonchev–Trinajstić information content (AvgIpc) is 2.32. The van der Waals surface area contributed by atoms with Crippen molar-refractivity contribution in [1.82, 2.24) is 10.2 Å². The fourth-order valence-electron chi connectivity index (χ4n) is 1.61. The van der Waals surface area contributed by atoms with Crippen molar-refractivity contribution in [3.8, 4) is 0 Å². The zero-order valence-corrected chi connectivity index (χ0v) is 11.7. The van der Waals surface area contributed by atoms with Crippen molar-refractivity contribution in [2.24, 2.45) is 0 Å². The van der Waals surface area contributed by atoms with Gasteiger partial charge in [-0.05, 0) is 6.42 Å². The summed E-state index contributed by atoms with van der Waals surface area (Å²) >= 11 is 11.6. The van der Waals surface area contributed by atoms with Crippen molar-refractivity contribution >= 4 is 28.9 Å². The number of halogens is 2. The van der Waals surface area contributed by atoms with Crippen LogP contribution in [0.4, 0.5) is 5.69 Å². The Labute approximate surface area is 113 Å². The molecule has 0 aliphatic heterocycles. The standard InChI is InChI=1S/C12H19Cl2N3/c1-2-3-4-5-6-7-8-15-10-9-11(13)16-17-12(10)14/h9H,2-8H2,1H3,(H,15,16). The summed E-state index contributed by atoms with van der Waals surface area (Å²) in [5.41, 5.74) is 0.764. The van der Waals surface area contributed by atoms with Crippen molar-refractivity contribution in [3.63, 3.8) is 0 Å². The van der Waals surface area contributed by atoms with E-state index in [2.05, 4.69) is 22.4 Å². The Morgan fingerprint density at radius 2 is 1.76 bits per heavy atom. The number of hydrogen-bond acceptors (Lipinski definition) is 3. The van der Waals surface area contributed by atoms with Crippen LogP contribution in [-0.4, -0.2) is 16.7 Å². The van der Waals surface area contributed by atoms with Crippen LogP contribution in [0.15, 0.2) is 6.07 Å². The number of aromatic nitrogens is 2. The van der Waals surface area contributed by atoms with E-state index in [0.717, 1.165) is 18.7 Å². The van der Waals surface area contributed by atoms with Gasteiger partial charge in [-0.2, -0.15) is 0 Å². The third-order valence-corrected chi connectivity index (χ3v) is 3.03. The molecular formula is C12H19Cl2N3. The Hall–Kier alpha value is -0.540. The minimum Gasteiger partial charge on any atom is -0.382 e. The highest BCUT2D eigenvalue weighted by molar-refractivity contribution is 6.33. The van der Waals surface area contributed by atoms with Crippen LogP contribution < -0.4 is 5.32 Å². The van der Waals surface area contributed by atoms with Crippen molar-refractivity contribution in [2.75, 3.05) is 11.9 Å². The van der Waals surface area contributed by atoms with Crippen LogP contribution >= 0.6 is 23.2 Å². The molecule has 1 heterocycles. The lowest BCUT2D eigenvalue weighted by molar-refractivity contribution is 0.617. The van der Waals surface area contributed by atoms with Crippen LogP contribution in [0.2, 0.25) is 10.3 Å². The highest BCUT2D eigenvalue weighted by atomic mass is 35.5. The van der Waals surface area contributed by atoms with Gasteiger partial charge in [0.1, 0.15) is 0 Å². The van der Waals surface area contributed by atoms with Gasteiger partial charge in [-0.3, -0.25) is 0 Å². The Balaban J connectivity index is 2.15. The van der Waals surface area contributed by atoms with E-state index in [1.807, 2.05) is 0 Å². The second kappa shape index (κ2) is 8.54. The highest BCUT2D eigenvalue weighted by Crippen LogP contribution is 2.20. The number of nitrogens with one attached hydrogen (secondary N) is 1. The Morgan fingerprint density at radius 3 is 2.53 bits per heavy atom. The molecular weight excluding hydrogens is 257 g/mol. The first-order valence-corrected chi connectivity index (χ1v) is 6.92. The summed E-state index contributed by atoms with van der Waals surface area (Å²) in [5.74, 6) is 0. The first-order chi connectivity index (χ1) is 8.24. The van der Waals surface area contributed by atoms with Gasteiger partial charge < -0.3 is 5.32 Å².